The van der Waals surface area contributed by atoms with E-state index in [2.05, 4.69) is 15.2 Å². The fraction of sp³-hybridized carbons (Fsp3) is 0.190. The van der Waals surface area contributed by atoms with E-state index in [1.807, 2.05) is 34.9 Å². The Bertz CT molecular complexity index is 1250. The van der Waals surface area contributed by atoms with Gasteiger partial charge in [-0.2, -0.15) is 0 Å². The quantitative estimate of drug-likeness (QED) is 0.375. The molecule has 0 saturated heterocycles. The molecule has 3 aromatic heterocycles. The van der Waals surface area contributed by atoms with E-state index in [1.54, 1.807) is 36.9 Å². The highest BCUT2D eigenvalue weighted by Gasteiger charge is 2.19. The van der Waals surface area contributed by atoms with Gasteiger partial charge in [0.05, 0.1) is 17.7 Å². The van der Waals surface area contributed by atoms with Gasteiger partial charge in [0.1, 0.15) is 5.76 Å². The SMILES string of the molecule is CN(C)S(=O)(=O)c1cccc(CSc2nnc(-c3cccnc3)n2Cc2ccco2)c1. The molecule has 4 aromatic rings. The maximum Gasteiger partial charge on any atom is 0.242 e. The Balaban J connectivity index is 1.61. The Morgan fingerprint density at radius 3 is 2.68 bits per heavy atom. The summed E-state index contributed by atoms with van der Waals surface area (Å²) in [5.74, 6) is 2.02. The van der Waals surface area contributed by atoms with E-state index < -0.39 is 10.0 Å². The van der Waals surface area contributed by atoms with Gasteiger partial charge in [0.2, 0.25) is 10.0 Å². The molecular formula is C21H21N5O3S2. The minimum atomic E-state index is -3.49. The van der Waals surface area contributed by atoms with Crippen LogP contribution in [0.1, 0.15) is 11.3 Å². The van der Waals surface area contributed by atoms with E-state index in [0.29, 0.717) is 23.3 Å². The molecule has 4 rings (SSSR count). The van der Waals surface area contributed by atoms with Gasteiger partial charge in [-0.25, -0.2) is 12.7 Å². The van der Waals surface area contributed by atoms with Crippen LogP contribution in [0.3, 0.4) is 0 Å². The first-order valence-corrected chi connectivity index (χ1v) is 11.9. The van der Waals surface area contributed by atoms with Crippen molar-refractivity contribution in [3.05, 3.63) is 78.5 Å². The first-order valence-electron chi connectivity index (χ1n) is 9.45. The topological polar surface area (TPSA) is 94.1 Å². The van der Waals surface area contributed by atoms with Gasteiger partial charge in [0.15, 0.2) is 11.0 Å². The number of pyridine rings is 1. The number of sulfonamides is 1. The number of aromatic nitrogens is 4. The third-order valence-corrected chi connectivity index (χ3v) is 7.42. The lowest BCUT2D eigenvalue weighted by atomic mass is 10.2. The second-order valence-corrected chi connectivity index (χ2v) is 10.0. The number of hydrogen-bond donors (Lipinski definition) is 0. The molecule has 0 fully saturated rings. The minimum Gasteiger partial charge on any atom is -0.467 e. The van der Waals surface area contributed by atoms with Crippen molar-refractivity contribution in [3.8, 4) is 11.4 Å². The first-order chi connectivity index (χ1) is 14.9. The third-order valence-electron chi connectivity index (χ3n) is 4.58. The highest BCUT2D eigenvalue weighted by molar-refractivity contribution is 7.98. The van der Waals surface area contributed by atoms with Crippen LogP contribution in [0.25, 0.3) is 11.4 Å². The number of benzene rings is 1. The summed E-state index contributed by atoms with van der Waals surface area (Å²) in [6.07, 6.45) is 5.08. The van der Waals surface area contributed by atoms with Crippen LogP contribution >= 0.6 is 11.8 Å². The highest BCUT2D eigenvalue weighted by Crippen LogP contribution is 2.28. The lowest BCUT2D eigenvalue weighted by molar-refractivity contribution is 0.485. The first kappa shape index (κ1) is 21.3. The Hall–Kier alpha value is -2.95. The van der Waals surface area contributed by atoms with E-state index in [4.69, 9.17) is 4.42 Å². The third kappa shape index (κ3) is 4.71. The van der Waals surface area contributed by atoms with Crippen molar-refractivity contribution in [1.29, 1.82) is 0 Å². The molecule has 0 atom stereocenters. The largest absolute Gasteiger partial charge is 0.467 e. The fourth-order valence-corrected chi connectivity index (χ4v) is 4.81. The number of nitrogens with zero attached hydrogens (tertiary/aromatic N) is 5. The highest BCUT2D eigenvalue weighted by atomic mass is 32.2. The van der Waals surface area contributed by atoms with Gasteiger partial charge in [0.25, 0.3) is 0 Å². The lowest BCUT2D eigenvalue weighted by Crippen LogP contribution is -2.22. The van der Waals surface area contributed by atoms with E-state index >= 15 is 0 Å². The maximum atomic E-state index is 12.4. The summed E-state index contributed by atoms with van der Waals surface area (Å²) in [6, 6.07) is 14.5. The van der Waals surface area contributed by atoms with Crippen LogP contribution in [0, 0.1) is 0 Å². The number of hydrogen-bond acceptors (Lipinski definition) is 7. The van der Waals surface area contributed by atoms with Gasteiger partial charge in [-0.1, -0.05) is 23.9 Å². The van der Waals surface area contributed by atoms with Gasteiger partial charge in [0, 0.05) is 37.8 Å². The van der Waals surface area contributed by atoms with Crippen molar-refractivity contribution in [1.82, 2.24) is 24.1 Å². The van der Waals surface area contributed by atoms with Gasteiger partial charge in [-0.15, -0.1) is 10.2 Å². The second-order valence-electron chi connectivity index (χ2n) is 6.94. The van der Waals surface area contributed by atoms with Crippen LogP contribution in [-0.2, 0) is 22.3 Å². The normalized spacial score (nSPS) is 11.8. The molecule has 0 bridgehead atoms. The number of thioether (sulfide) groups is 1. The Morgan fingerprint density at radius 1 is 1.10 bits per heavy atom. The average molecular weight is 456 g/mol. The molecule has 0 aliphatic rings. The molecule has 10 heteroatoms. The number of rotatable bonds is 8. The summed E-state index contributed by atoms with van der Waals surface area (Å²) >= 11 is 1.48. The maximum absolute atomic E-state index is 12.4. The van der Waals surface area contributed by atoms with Crippen LogP contribution in [0.5, 0.6) is 0 Å². The Kier molecular flexibility index (Phi) is 6.21. The molecule has 160 valence electrons. The van der Waals surface area contributed by atoms with E-state index in [1.165, 1.54) is 30.2 Å². The molecular weight excluding hydrogens is 434 g/mol. The van der Waals surface area contributed by atoms with Gasteiger partial charge < -0.3 is 4.42 Å². The monoisotopic (exact) mass is 455 g/mol. The van der Waals surface area contributed by atoms with Crippen LogP contribution in [0.4, 0.5) is 0 Å². The second kappa shape index (κ2) is 9.04. The van der Waals surface area contributed by atoms with Gasteiger partial charge >= 0.3 is 0 Å². The summed E-state index contributed by atoms with van der Waals surface area (Å²) in [7, 11) is -0.442. The van der Waals surface area contributed by atoms with Crippen LogP contribution < -0.4 is 0 Å². The molecule has 1 aromatic carbocycles. The average Bonchev–Trinajstić information content (AvgIpc) is 3.43. The van der Waals surface area contributed by atoms with Crippen LogP contribution in [0.2, 0.25) is 0 Å². The van der Waals surface area contributed by atoms with Crippen molar-refractivity contribution in [2.75, 3.05) is 14.1 Å². The summed E-state index contributed by atoms with van der Waals surface area (Å²) in [5, 5.41) is 9.44. The lowest BCUT2D eigenvalue weighted by Gasteiger charge is -2.12. The predicted molar refractivity (Wildman–Crippen MR) is 118 cm³/mol. The molecule has 0 radical (unpaired) electrons. The van der Waals surface area contributed by atoms with Crippen molar-refractivity contribution in [2.24, 2.45) is 0 Å². The van der Waals surface area contributed by atoms with E-state index in [9.17, 15) is 8.42 Å². The molecule has 3 heterocycles. The van der Waals surface area contributed by atoms with Crippen molar-refractivity contribution < 1.29 is 12.8 Å². The van der Waals surface area contributed by atoms with Crippen molar-refractivity contribution >= 4 is 21.8 Å². The Labute approximate surface area is 185 Å². The molecule has 0 spiro atoms. The summed E-state index contributed by atoms with van der Waals surface area (Å²) in [6.45, 7) is 0.474. The summed E-state index contributed by atoms with van der Waals surface area (Å²) < 4.78 is 33.6. The zero-order chi connectivity index (χ0) is 21.8. The van der Waals surface area contributed by atoms with E-state index in [0.717, 1.165) is 16.9 Å². The predicted octanol–water partition coefficient (Wildman–Crippen LogP) is 3.52. The standard InChI is InChI=1S/C21H21N5O3S2/c1-25(2)31(27,28)19-9-3-6-16(12-19)15-30-21-24-23-20(17-7-4-10-22-13-17)26(21)14-18-8-5-11-29-18/h3-13H,14-15H2,1-2H3. The zero-order valence-corrected chi connectivity index (χ0v) is 18.7. The molecule has 0 aliphatic heterocycles. The fourth-order valence-electron chi connectivity index (χ4n) is 2.96. The molecule has 0 amide bonds. The molecule has 8 nitrogen and oxygen atoms in total. The molecule has 0 unspecified atom stereocenters. The molecule has 0 aliphatic carbocycles. The van der Waals surface area contributed by atoms with Crippen molar-refractivity contribution in [3.63, 3.8) is 0 Å². The van der Waals surface area contributed by atoms with E-state index in [-0.39, 0.29) is 4.90 Å². The van der Waals surface area contributed by atoms with Gasteiger partial charge in [-0.3, -0.25) is 9.55 Å². The number of furan rings is 1. The van der Waals surface area contributed by atoms with Crippen LogP contribution in [-0.4, -0.2) is 46.6 Å². The molecule has 0 saturated carbocycles. The van der Waals surface area contributed by atoms with Crippen LogP contribution in [0.15, 0.2) is 81.7 Å². The Morgan fingerprint density at radius 2 is 1.97 bits per heavy atom. The molecule has 31 heavy (non-hydrogen) atoms. The summed E-state index contributed by atoms with van der Waals surface area (Å²) in [5.41, 5.74) is 1.73. The zero-order valence-electron chi connectivity index (χ0n) is 17.0. The smallest absolute Gasteiger partial charge is 0.242 e. The molecule has 0 N–H and O–H groups in total. The van der Waals surface area contributed by atoms with Gasteiger partial charge in [-0.05, 0) is 42.0 Å². The van der Waals surface area contributed by atoms with Crippen molar-refractivity contribution in [2.45, 2.75) is 22.3 Å². The summed E-state index contributed by atoms with van der Waals surface area (Å²) in [4.78, 5) is 4.44. The minimum absolute atomic E-state index is 0.267.